The lowest BCUT2D eigenvalue weighted by atomic mass is 10.2. The van der Waals surface area contributed by atoms with Crippen LogP contribution in [0.3, 0.4) is 0 Å². The van der Waals surface area contributed by atoms with Crippen molar-refractivity contribution in [3.05, 3.63) is 11.4 Å². The Labute approximate surface area is 80.5 Å². The summed E-state index contributed by atoms with van der Waals surface area (Å²) < 4.78 is 1.42. The quantitative estimate of drug-likeness (QED) is 0.700. The average molecular weight is 197 g/mol. The number of aliphatic carboxylic acids is 1. The van der Waals surface area contributed by atoms with Gasteiger partial charge in [0.1, 0.15) is 0 Å². The van der Waals surface area contributed by atoms with Crippen LogP contribution in [0.15, 0.2) is 0 Å². The summed E-state index contributed by atoms with van der Waals surface area (Å²) in [5.74, 6) is -1.06. The van der Waals surface area contributed by atoms with Gasteiger partial charge in [0.25, 0.3) is 0 Å². The van der Waals surface area contributed by atoms with Crippen LogP contribution in [0.1, 0.15) is 29.5 Å². The first-order valence-electron chi connectivity index (χ1n) is 4.15. The largest absolute Gasteiger partial charge is 0.481 e. The number of carbonyl (C=O) groups excluding carboxylic acids is 1. The normalized spacial score (nSPS) is 10.1. The fourth-order valence-corrected chi connectivity index (χ4v) is 1.10. The number of carbonyl (C=O) groups is 2. The predicted octanol–water partition coefficient (Wildman–Crippen LogP) is 0.264. The molecule has 1 heterocycles. The lowest BCUT2D eigenvalue weighted by Gasteiger charge is -1.99. The molecule has 0 saturated carbocycles. The Hall–Kier alpha value is -1.72. The van der Waals surface area contributed by atoms with Crippen LogP contribution in [0.25, 0.3) is 0 Å². The number of rotatable bonds is 4. The van der Waals surface area contributed by atoms with Gasteiger partial charge in [-0.2, -0.15) is 0 Å². The zero-order valence-corrected chi connectivity index (χ0v) is 8.02. The number of aryl methyl sites for hydroxylation is 1. The molecule has 0 aliphatic rings. The first-order valence-corrected chi connectivity index (χ1v) is 4.15. The number of Topliss-reactive ketones (excluding diaryl/α,β-unsaturated/α-hetero) is 1. The average Bonchev–Trinajstić information content (AvgIpc) is 2.43. The van der Waals surface area contributed by atoms with Gasteiger partial charge in [-0.15, -0.1) is 5.10 Å². The van der Waals surface area contributed by atoms with E-state index in [1.807, 2.05) is 0 Å². The molecule has 0 spiro atoms. The van der Waals surface area contributed by atoms with Gasteiger partial charge in [0.2, 0.25) is 0 Å². The van der Waals surface area contributed by atoms with Crippen LogP contribution < -0.4 is 0 Å². The first kappa shape index (κ1) is 10.4. The summed E-state index contributed by atoms with van der Waals surface area (Å²) in [5, 5.41) is 15.8. The van der Waals surface area contributed by atoms with Gasteiger partial charge in [0.15, 0.2) is 11.5 Å². The zero-order chi connectivity index (χ0) is 10.7. The summed E-state index contributed by atoms with van der Waals surface area (Å²) in [5.41, 5.74) is 0.911. The molecule has 0 saturated heterocycles. The predicted molar refractivity (Wildman–Crippen MR) is 47.0 cm³/mol. The molecule has 0 unspecified atom stereocenters. The third-order valence-corrected chi connectivity index (χ3v) is 1.85. The van der Waals surface area contributed by atoms with Gasteiger partial charge in [0, 0.05) is 6.92 Å². The molecule has 0 bridgehead atoms. The molecule has 76 valence electrons. The van der Waals surface area contributed by atoms with E-state index in [2.05, 4.69) is 10.3 Å². The minimum atomic E-state index is -0.899. The van der Waals surface area contributed by atoms with Crippen molar-refractivity contribution in [1.82, 2.24) is 15.0 Å². The van der Waals surface area contributed by atoms with E-state index in [4.69, 9.17) is 5.11 Å². The molecule has 1 N–H and O–H groups in total. The minimum Gasteiger partial charge on any atom is -0.481 e. The number of carboxylic acids is 1. The van der Waals surface area contributed by atoms with E-state index in [1.165, 1.54) is 11.6 Å². The summed E-state index contributed by atoms with van der Waals surface area (Å²) in [6.07, 6.45) is -0.0262. The second-order valence-corrected chi connectivity index (χ2v) is 2.95. The Kier molecular flexibility index (Phi) is 2.95. The van der Waals surface area contributed by atoms with E-state index < -0.39 is 5.97 Å². The third-order valence-electron chi connectivity index (χ3n) is 1.85. The van der Waals surface area contributed by atoms with E-state index in [0.29, 0.717) is 11.4 Å². The number of carboxylic acid groups (broad SMARTS) is 1. The lowest BCUT2D eigenvalue weighted by molar-refractivity contribution is -0.137. The molecule has 0 fully saturated rings. The van der Waals surface area contributed by atoms with Crippen LogP contribution in [-0.4, -0.2) is 31.9 Å². The van der Waals surface area contributed by atoms with E-state index in [1.54, 1.807) is 6.92 Å². The third kappa shape index (κ3) is 2.15. The van der Waals surface area contributed by atoms with E-state index in [0.717, 1.165) is 0 Å². The van der Waals surface area contributed by atoms with Crippen LogP contribution in [0.2, 0.25) is 0 Å². The minimum absolute atomic E-state index is 0.0262. The van der Waals surface area contributed by atoms with Crippen molar-refractivity contribution >= 4 is 11.8 Å². The van der Waals surface area contributed by atoms with Crippen molar-refractivity contribution < 1.29 is 14.7 Å². The highest BCUT2D eigenvalue weighted by molar-refractivity contribution is 5.92. The molecule has 1 aromatic rings. The highest BCUT2D eigenvalue weighted by atomic mass is 16.4. The van der Waals surface area contributed by atoms with Gasteiger partial charge in [-0.1, -0.05) is 5.21 Å². The van der Waals surface area contributed by atoms with Crippen molar-refractivity contribution in [2.45, 2.75) is 26.8 Å². The topological polar surface area (TPSA) is 85.1 Å². The van der Waals surface area contributed by atoms with Crippen molar-refractivity contribution in [1.29, 1.82) is 0 Å². The molecule has 0 aliphatic heterocycles. The molecule has 0 aromatic carbocycles. The Bertz CT molecular complexity index is 370. The van der Waals surface area contributed by atoms with Crippen LogP contribution in [0.4, 0.5) is 0 Å². The number of hydrogen-bond donors (Lipinski definition) is 1. The standard InChI is InChI=1S/C8H11N3O3/c1-5-8(6(2)12)9-10-11(5)4-3-7(13)14/h3-4H2,1-2H3,(H,13,14). The molecule has 14 heavy (non-hydrogen) atoms. The van der Waals surface area contributed by atoms with Gasteiger partial charge < -0.3 is 5.11 Å². The number of ketones is 1. The maximum Gasteiger partial charge on any atom is 0.305 e. The van der Waals surface area contributed by atoms with Gasteiger partial charge in [-0.25, -0.2) is 4.68 Å². The number of aromatic nitrogens is 3. The fraction of sp³-hybridized carbons (Fsp3) is 0.500. The Balaban J connectivity index is 2.79. The molecular formula is C8H11N3O3. The molecule has 6 heteroatoms. The molecule has 0 radical (unpaired) electrons. The van der Waals surface area contributed by atoms with Crippen LogP contribution in [-0.2, 0) is 11.3 Å². The molecule has 6 nitrogen and oxygen atoms in total. The summed E-state index contributed by atoms with van der Waals surface area (Å²) in [4.78, 5) is 21.3. The van der Waals surface area contributed by atoms with Crippen molar-refractivity contribution in [2.75, 3.05) is 0 Å². The highest BCUT2D eigenvalue weighted by Crippen LogP contribution is 2.04. The maximum atomic E-state index is 11.0. The summed E-state index contributed by atoms with van der Waals surface area (Å²) in [6, 6.07) is 0. The second-order valence-electron chi connectivity index (χ2n) is 2.95. The Morgan fingerprint density at radius 1 is 1.50 bits per heavy atom. The molecule has 1 aromatic heterocycles. The summed E-state index contributed by atoms with van der Waals surface area (Å²) >= 11 is 0. The van der Waals surface area contributed by atoms with Gasteiger partial charge in [-0.3, -0.25) is 9.59 Å². The van der Waals surface area contributed by atoms with Crippen LogP contribution in [0, 0.1) is 6.92 Å². The SMILES string of the molecule is CC(=O)c1nnn(CCC(=O)O)c1C. The zero-order valence-electron chi connectivity index (χ0n) is 8.02. The maximum absolute atomic E-state index is 11.0. The summed E-state index contributed by atoms with van der Waals surface area (Å²) in [6.45, 7) is 3.33. The molecule has 1 rings (SSSR count). The first-order chi connectivity index (χ1) is 6.52. The fourth-order valence-electron chi connectivity index (χ4n) is 1.10. The summed E-state index contributed by atoms with van der Waals surface area (Å²) in [7, 11) is 0. The lowest BCUT2D eigenvalue weighted by Crippen LogP contribution is -2.08. The van der Waals surface area contributed by atoms with Gasteiger partial charge in [-0.05, 0) is 6.92 Å². The molecular weight excluding hydrogens is 186 g/mol. The van der Waals surface area contributed by atoms with E-state index in [9.17, 15) is 9.59 Å². The Morgan fingerprint density at radius 2 is 2.14 bits per heavy atom. The van der Waals surface area contributed by atoms with Gasteiger partial charge >= 0.3 is 5.97 Å². The Morgan fingerprint density at radius 3 is 2.57 bits per heavy atom. The van der Waals surface area contributed by atoms with Crippen molar-refractivity contribution in [3.63, 3.8) is 0 Å². The molecule has 0 atom stereocenters. The van der Waals surface area contributed by atoms with Gasteiger partial charge in [0.05, 0.1) is 18.7 Å². The van der Waals surface area contributed by atoms with Crippen LogP contribution in [0.5, 0.6) is 0 Å². The van der Waals surface area contributed by atoms with E-state index >= 15 is 0 Å². The number of hydrogen-bond acceptors (Lipinski definition) is 4. The van der Waals surface area contributed by atoms with E-state index in [-0.39, 0.29) is 18.7 Å². The smallest absolute Gasteiger partial charge is 0.305 e. The van der Waals surface area contributed by atoms with Crippen molar-refractivity contribution in [2.24, 2.45) is 0 Å². The number of nitrogens with zero attached hydrogens (tertiary/aromatic N) is 3. The monoisotopic (exact) mass is 197 g/mol. The molecule has 0 aliphatic carbocycles. The van der Waals surface area contributed by atoms with Crippen molar-refractivity contribution in [3.8, 4) is 0 Å². The molecule has 0 amide bonds. The highest BCUT2D eigenvalue weighted by Gasteiger charge is 2.12. The van der Waals surface area contributed by atoms with Crippen LogP contribution >= 0.6 is 0 Å². The second kappa shape index (κ2) is 3.99.